The number of carbonyl (C=O) groups is 1. The number of anilines is 1. The highest BCUT2D eigenvalue weighted by molar-refractivity contribution is 7.92. The summed E-state index contributed by atoms with van der Waals surface area (Å²) < 4.78 is 44.6. The fourth-order valence-electron chi connectivity index (χ4n) is 2.82. The monoisotopic (exact) mass is 422 g/mol. The van der Waals surface area contributed by atoms with Crippen molar-refractivity contribution >= 4 is 21.6 Å². The molecule has 29 heavy (non-hydrogen) atoms. The van der Waals surface area contributed by atoms with Crippen molar-refractivity contribution in [3.05, 3.63) is 59.4 Å². The molecular weight excluding hydrogens is 395 g/mol. The SMILES string of the molecule is Cc1cccc(OCCNC(=O)CCCN(c2ccccc2F)S(C)(=O)=O)c1C. The zero-order chi connectivity index (χ0) is 21.4. The molecule has 2 aromatic rings. The van der Waals surface area contributed by atoms with E-state index < -0.39 is 15.8 Å². The average Bonchev–Trinajstić information content (AvgIpc) is 2.65. The molecule has 0 radical (unpaired) electrons. The Morgan fingerprint density at radius 3 is 2.55 bits per heavy atom. The zero-order valence-electron chi connectivity index (χ0n) is 16.9. The maximum absolute atomic E-state index is 14.0. The lowest BCUT2D eigenvalue weighted by Crippen LogP contribution is -2.33. The van der Waals surface area contributed by atoms with E-state index in [0.29, 0.717) is 13.2 Å². The Morgan fingerprint density at radius 1 is 1.14 bits per heavy atom. The predicted octanol–water partition coefficient (Wildman–Crippen LogP) is 3.18. The molecule has 8 heteroatoms. The standard InChI is InChI=1S/C21H27FN2O4S/c1-16-8-6-11-20(17(16)2)28-15-13-23-21(25)12-7-14-24(29(3,26)27)19-10-5-4-9-18(19)22/h4-6,8-11H,7,12-15H2,1-3H3,(H,23,25). The van der Waals surface area contributed by atoms with Gasteiger partial charge < -0.3 is 10.1 Å². The second-order valence-electron chi connectivity index (χ2n) is 6.79. The molecule has 0 heterocycles. The predicted molar refractivity (Wildman–Crippen MR) is 112 cm³/mol. The number of para-hydroxylation sites is 1. The largest absolute Gasteiger partial charge is 0.491 e. The fraction of sp³-hybridized carbons (Fsp3) is 0.381. The fourth-order valence-corrected chi connectivity index (χ4v) is 3.79. The lowest BCUT2D eigenvalue weighted by Gasteiger charge is -2.22. The summed E-state index contributed by atoms with van der Waals surface area (Å²) in [5, 5.41) is 2.74. The van der Waals surface area contributed by atoms with E-state index in [1.807, 2.05) is 32.0 Å². The smallest absolute Gasteiger partial charge is 0.232 e. The number of nitrogens with zero attached hydrogens (tertiary/aromatic N) is 1. The summed E-state index contributed by atoms with van der Waals surface area (Å²) in [6.07, 6.45) is 1.42. The number of amides is 1. The molecule has 0 atom stereocenters. The lowest BCUT2D eigenvalue weighted by molar-refractivity contribution is -0.121. The van der Waals surface area contributed by atoms with Crippen LogP contribution in [0, 0.1) is 19.7 Å². The third kappa shape index (κ3) is 6.74. The number of sulfonamides is 1. The first-order valence-electron chi connectivity index (χ1n) is 9.38. The summed E-state index contributed by atoms with van der Waals surface area (Å²) >= 11 is 0. The van der Waals surface area contributed by atoms with Crippen LogP contribution in [0.4, 0.5) is 10.1 Å². The molecule has 1 amide bonds. The number of carbonyl (C=O) groups excluding carboxylic acids is 1. The first kappa shape index (κ1) is 22.7. The normalized spacial score (nSPS) is 11.2. The molecule has 0 saturated carbocycles. The molecule has 0 spiro atoms. The van der Waals surface area contributed by atoms with Gasteiger partial charge in [0.2, 0.25) is 15.9 Å². The molecule has 158 valence electrons. The van der Waals surface area contributed by atoms with Crippen LogP contribution in [0.5, 0.6) is 5.75 Å². The number of halogens is 1. The van der Waals surface area contributed by atoms with Crippen molar-refractivity contribution < 1.29 is 22.3 Å². The summed E-state index contributed by atoms with van der Waals surface area (Å²) in [7, 11) is -3.66. The average molecular weight is 423 g/mol. The Bertz CT molecular complexity index is 947. The Hall–Kier alpha value is -2.61. The van der Waals surface area contributed by atoms with E-state index >= 15 is 0 Å². The summed E-state index contributed by atoms with van der Waals surface area (Å²) in [4.78, 5) is 12.0. The van der Waals surface area contributed by atoms with Gasteiger partial charge in [-0.1, -0.05) is 24.3 Å². The Labute approximate surface area is 171 Å². The molecular formula is C21H27FN2O4S. The molecule has 0 aliphatic rings. The van der Waals surface area contributed by atoms with Gasteiger partial charge in [-0.3, -0.25) is 9.10 Å². The van der Waals surface area contributed by atoms with E-state index in [2.05, 4.69) is 5.32 Å². The molecule has 0 saturated heterocycles. The van der Waals surface area contributed by atoms with Crippen molar-refractivity contribution in [2.24, 2.45) is 0 Å². The number of nitrogens with one attached hydrogen (secondary N) is 1. The van der Waals surface area contributed by atoms with Crippen LogP contribution >= 0.6 is 0 Å². The summed E-state index contributed by atoms with van der Waals surface area (Å²) in [5.74, 6) is -0.0459. The second-order valence-corrected chi connectivity index (χ2v) is 8.69. The maximum atomic E-state index is 14.0. The van der Waals surface area contributed by atoms with Gasteiger partial charge in [-0.15, -0.1) is 0 Å². The zero-order valence-corrected chi connectivity index (χ0v) is 17.8. The third-order valence-corrected chi connectivity index (χ3v) is 5.70. The van der Waals surface area contributed by atoms with Gasteiger partial charge >= 0.3 is 0 Å². The number of hydrogen-bond acceptors (Lipinski definition) is 4. The van der Waals surface area contributed by atoms with Crippen molar-refractivity contribution in [1.82, 2.24) is 5.32 Å². The lowest BCUT2D eigenvalue weighted by atomic mass is 10.1. The van der Waals surface area contributed by atoms with E-state index in [0.717, 1.165) is 27.4 Å². The van der Waals surface area contributed by atoms with Crippen molar-refractivity contribution in [2.75, 3.05) is 30.3 Å². The van der Waals surface area contributed by atoms with Gasteiger partial charge in [0, 0.05) is 13.0 Å². The van der Waals surface area contributed by atoms with E-state index in [-0.39, 0.29) is 31.0 Å². The number of benzene rings is 2. The first-order chi connectivity index (χ1) is 13.7. The summed E-state index contributed by atoms with van der Waals surface area (Å²) in [6, 6.07) is 11.5. The molecule has 0 bridgehead atoms. The van der Waals surface area contributed by atoms with Crippen molar-refractivity contribution in [3.8, 4) is 5.75 Å². The minimum atomic E-state index is -3.66. The van der Waals surface area contributed by atoms with Gasteiger partial charge in [-0.2, -0.15) is 0 Å². The highest BCUT2D eigenvalue weighted by Gasteiger charge is 2.20. The van der Waals surface area contributed by atoms with E-state index in [4.69, 9.17) is 4.74 Å². The summed E-state index contributed by atoms with van der Waals surface area (Å²) in [5.41, 5.74) is 2.18. The highest BCUT2D eigenvalue weighted by Crippen LogP contribution is 2.22. The van der Waals surface area contributed by atoms with Crippen molar-refractivity contribution in [3.63, 3.8) is 0 Å². The molecule has 0 aliphatic carbocycles. The number of ether oxygens (including phenoxy) is 1. The number of hydrogen-bond donors (Lipinski definition) is 1. The Kier molecular flexibility index (Phi) is 8.01. The van der Waals surface area contributed by atoms with Crippen molar-refractivity contribution in [2.45, 2.75) is 26.7 Å². The quantitative estimate of drug-likeness (QED) is 0.597. The van der Waals surface area contributed by atoms with Gasteiger partial charge in [-0.25, -0.2) is 12.8 Å². The van der Waals surface area contributed by atoms with Crippen LogP contribution in [0.25, 0.3) is 0 Å². The second kappa shape index (κ2) is 10.2. The van der Waals surface area contributed by atoms with Gasteiger partial charge in [0.1, 0.15) is 18.2 Å². The molecule has 0 aromatic heterocycles. The first-order valence-corrected chi connectivity index (χ1v) is 11.2. The van der Waals surface area contributed by atoms with Crippen molar-refractivity contribution in [1.29, 1.82) is 0 Å². The van der Waals surface area contributed by atoms with Crippen LogP contribution < -0.4 is 14.4 Å². The number of rotatable bonds is 10. The van der Waals surface area contributed by atoms with Gasteiger partial charge in [0.05, 0.1) is 18.5 Å². The van der Waals surface area contributed by atoms with Crippen LogP contribution in [-0.4, -0.2) is 40.3 Å². The highest BCUT2D eigenvalue weighted by atomic mass is 32.2. The maximum Gasteiger partial charge on any atom is 0.232 e. The molecule has 2 aromatic carbocycles. The van der Waals surface area contributed by atoms with Gasteiger partial charge in [-0.05, 0) is 49.6 Å². The van der Waals surface area contributed by atoms with E-state index in [1.165, 1.54) is 18.2 Å². The molecule has 6 nitrogen and oxygen atoms in total. The minimum absolute atomic E-state index is 0.0164. The molecule has 1 N–H and O–H groups in total. The molecule has 0 fully saturated rings. The van der Waals surface area contributed by atoms with Crippen LogP contribution in [0.2, 0.25) is 0 Å². The van der Waals surface area contributed by atoms with Crippen LogP contribution in [0.3, 0.4) is 0 Å². The van der Waals surface area contributed by atoms with Gasteiger partial charge in [0.15, 0.2) is 0 Å². The Morgan fingerprint density at radius 2 is 1.86 bits per heavy atom. The third-order valence-electron chi connectivity index (χ3n) is 4.52. The molecule has 0 aliphatic heterocycles. The Balaban J connectivity index is 1.78. The number of aryl methyl sites for hydroxylation is 1. The van der Waals surface area contributed by atoms with E-state index in [9.17, 15) is 17.6 Å². The molecule has 2 rings (SSSR count). The topological polar surface area (TPSA) is 75.7 Å². The minimum Gasteiger partial charge on any atom is -0.491 e. The van der Waals surface area contributed by atoms with Crippen LogP contribution in [0.15, 0.2) is 42.5 Å². The van der Waals surface area contributed by atoms with Crippen LogP contribution in [0.1, 0.15) is 24.0 Å². The summed E-state index contributed by atoms with van der Waals surface area (Å²) in [6.45, 7) is 4.68. The van der Waals surface area contributed by atoms with E-state index in [1.54, 1.807) is 6.07 Å². The van der Waals surface area contributed by atoms with Crippen LogP contribution in [-0.2, 0) is 14.8 Å². The van der Waals surface area contributed by atoms with Gasteiger partial charge in [0.25, 0.3) is 0 Å². The molecule has 0 unspecified atom stereocenters.